The SMILES string of the molecule is Cc1c(C)c(C)c(-c2c(C)c(C)c(C)c(C)c2C)c(C)c1C. The van der Waals surface area contributed by atoms with Crippen molar-refractivity contribution < 1.29 is 0 Å². The Morgan fingerprint density at radius 1 is 0.227 bits per heavy atom. The van der Waals surface area contributed by atoms with Gasteiger partial charge in [-0.3, -0.25) is 0 Å². The molecule has 0 aliphatic rings. The highest BCUT2D eigenvalue weighted by Crippen LogP contribution is 2.40. The highest BCUT2D eigenvalue weighted by molar-refractivity contribution is 5.81. The van der Waals surface area contributed by atoms with Crippen molar-refractivity contribution in [1.82, 2.24) is 0 Å². The summed E-state index contributed by atoms with van der Waals surface area (Å²) in [6.07, 6.45) is 0. The van der Waals surface area contributed by atoms with Crippen LogP contribution < -0.4 is 0 Å². The van der Waals surface area contributed by atoms with E-state index in [4.69, 9.17) is 0 Å². The van der Waals surface area contributed by atoms with Crippen LogP contribution in [0.4, 0.5) is 0 Å². The maximum absolute atomic E-state index is 2.29. The van der Waals surface area contributed by atoms with E-state index in [1.165, 1.54) is 66.8 Å². The molecule has 0 amide bonds. The Kier molecular flexibility index (Phi) is 4.26. The minimum absolute atomic E-state index is 1.44. The van der Waals surface area contributed by atoms with E-state index in [0.29, 0.717) is 0 Å². The summed E-state index contributed by atoms with van der Waals surface area (Å²) in [6.45, 7) is 22.7. The molecule has 0 fully saturated rings. The fraction of sp³-hybridized carbons (Fsp3) is 0.455. The maximum atomic E-state index is 2.29. The number of benzene rings is 2. The predicted octanol–water partition coefficient (Wildman–Crippen LogP) is 6.44. The van der Waals surface area contributed by atoms with Crippen LogP contribution in [0.3, 0.4) is 0 Å². The smallest absolute Gasteiger partial charge is 0.0114 e. The molecule has 0 radical (unpaired) electrons. The van der Waals surface area contributed by atoms with Crippen LogP contribution in [0.2, 0.25) is 0 Å². The van der Waals surface area contributed by atoms with Gasteiger partial charge in [-0.05, 0) is 136 Å². The van der Waals surface area contributed by atoms with E-state index in [-0.39, 0.29) is 0 Å². The molecule has 0 heterocycles. The number of rotatable bonds is 1. The number of hydrogen-bond donors (Lipinski definition) is 0. The lowest BCUT2D eigenvalue weighted by atomic mass is 9.80. The van der Waals surface area contributed by atoms with E-state index in [1.807, 2.05) is 0 Å². The lowest BCUT2D eigenvalue weighted by Crippen LogP contribution is -2.05. The Bertz CT molecular complexity index is 648. The molecule has 0 spiro atoms. The second kappa shape index (κ2) is 5.57. The first-order chi connectivity index (χ1) is 10.1. The van der Waals surface area contributed by atoms with Crippen molar-refractivity contribution in [2.24, 2.45) is 0 Å². The summed E-state index contributed by atoms with van der Waals surface area (Å²) in [7, 11) is 0. The molecular formula is C22H30. The summed E-state index contributed by atoms with van der Waals surface area (Å²) in [6, 6.07) is 0. The highest BCUT2D eigenvalue weighted by atomic mass is 14.2. The molecule has 0 nitrogen and oxygen atoms in total. The summed E-state index contributed by atoms with van der Waals surface area (Å²) in [5, 5.41) is 0. The predicted molar refractivity (Wildman–Crippen MR) is 99.2 cm³/mol. The zero-order valence-corrected chi connectivity index (χ0v) is 16.0. The first kappa shape index (κ1) is 16.8. The zero-order chi connectivity index (χ0) is 16.9. The third-order valence-corrected chi connectivity index (χ3v) is 6.25. The van der Waals surface area contributed by atoms with E-state index >= 15 is 0 Å². The Morgan fingerprint density at radius 3 is 0.545 bits per heavy atom. The van der Waals surface area contributed by atoms with E-state index in [0.717, 1.165) is 0 Å². The van der Waals surface area contributed by atoms with E-state index < -0.39 is 0 Å². The monoisotopic (exact) mass is 294 g/mol. The van der Waals surface area contributed by atoms with Crippen LogP contribution in [-0.2, 0) is 0 Å². The van der Waals surface area contributed by atoms with Gasteiger partial charge in [0, 0.05) is 0 Å². The Hall–Kier alpha value is -1.56. The average molecular weight is 294 g/mol. The van der Waals surface area contributed by atoms with Gasteiger partial charge in [0.15, 0.2) is 0 Å². The second-order valence-electron chi connectivity index (χ2n) is 7.00. The van der Waals surface area contributed by atoms with Gasteiger partial charge >= 0.3 is 0 Å². The van der Waals surface area contributed by atoms with Crippen molar-refractivity contribution in [2.75, 3.05) is 0 Å². The molecule has 2 rings (SSSR count). The largest absolute Gasteiger partial charge is 0.0447 e. The highest BCUT2D eigenvalue weighted by Gasteiger charge is 2.20. The molecule has 0 saturated heterocycles. The van der Waals surface area contributed by atoms with Crippen molar-refractivity contribution in [2.45, 2.75) is 69.2 Å². The van der Waals surface area contributed by atoms with Gasteiger partial charge in [-0.1, -0.05) is 0 Å². The molecule has 0 aliphatic heterocycles. The van der Waals surface area contributed by atoms with Gasteiger partial charge in [0.2, 0.25) is 0 Å². The number of hydrogen-bond acceptors (Lipinski definition) is 0. The van der Waals surface area contributed by atoms with Crippen LogP contribution >= 0.6 is 0 Å². The lowest BCUT2D eigenvalue weighted by molar-refractivity contribution is 1.14. The topological polar surface area (TPSA) is 0 Å². The van der Waals surface area contributed by atoms with Crippen LogP contribution in [0.5, 0.6) is 0 Å². The van der Waals surface area contributed by atoms with Gasteiger partial charge in [-0.2, -0.15) is 0 Å². The first-order valence-corrected chi connectivity index (χ1v) is 8.25. The fourth-order valence-electron chi connectivity index (χ4n) is 3.75. The van der Waals surface area contributed by atoms with Crippen LogP contribution in [0.1, 0.15) is 55.6 Å². The van der Waals surface area contributed by atoms with Crippen LogP contribution in [-0.4, -0.2) is 0 Å². The van der Waals surface area contributed by atoms with Crippen LogP contribution in [0.15, 0.2) is 0 Å². The van der Waals surface area contributed by atoms with Gasteiger partial charge in [-0.15, -0.1) is 0 Å². The van der Waals surface area contributed by atoms with E-state index in [9.17, 15) is 0 Å². The Balaban J connectivity index is 3.03. The van der Waals surface area contributed by atoms with Gasteiger partial charge < -0.3 is 0 Å². The van der Waals surface area contributed by atoms with Crippen LogP contribution in [0, 0.1) is 69.2 Å². The molecule has 0 unspecified atom stereocenters. The molecular weight excluding hydrogens is 264 g/mol. The van der Waals surface area contributed by atoms with Crippen molar-refractivity contribution in [3.05, 3.63) is 55.6 Å². The van der Waals surface area contributed by atoms with Crippen molar-refractivity contribution >= 4 is 0 Å². The second-order valence-corrected chi connectivity index (χ2v) is 7.00. The average Bonchev–Trinajstić information content (AvgIpc) is 2.50. The molecule has 0 N–H and O–H groups in total. The van der Waals surface area contributed by atoms with Crippen LogP contribution in [0.25, 0.3) is 11.1 Å². The van der Waals surface area contributed by atoms with Crippen molar-refractivity contribution in [3.8, 4) is 11.1 Å². The summed E-state index contributed by atoms with van der Waals surface area (Å²) >= 11 is 0. The molecule has 22 heavy (non-hydrogen) atoms. The Labute approximate surface area is 136 Å². The zero-order valence-electron chi connectivity index (χ0n) is 16.0. The summed E-state index contributed by atoms with van der Waals surface area (Å²) < 4.78 is 0. The Morgan fingerprint density at radius 2 is 0.364 bits per heavy atom. The summed E-state index contributed by atoms with van der Waals surface area (Å²) in [5.41, 5.74) is 17.3. The van der Waals surface area contributed by atoms with Gasteiger partial charge in [0.05, 0.1) is 0 Å². The molecule has 0 saturated carbocycles. The van der Waals surface area contributed by atoms with Gasteiger partial charge in [-0.25, -0.2) is 0 Å². The van der Waals surface area contributed by atoms with Crippen molar-refractivity contribution in [3.63, 3.8) is 0 Å². The molecule has 118 valence electrons. The normalized spacial score (nSPS) is 11.2. The molecule has 2 aromatic carbocycles. The molecule has 2 aromatic rings. The quantitative estimate of drug-likeness (QED) is 0.568. The lowest BCUT2D eigenvalue weighted by Gasteiger charge is -2.25. The molecule has 0 heteroatoms. The molecule has 0 aliphatic carbocycles. The van der Waals surface area contributed by atoms with Gasteiger partial charge in [0.25, 0.3) is 0 Å². The van der Waals surface area contributed by atoms with Crippen molar-refractivity contribution in [1.29, 1.82) is 0 Å². The minimum Gasteiger partial charge on any atom is -0.0447 e. The van der Waals surface area contributed by atoms with E-state index in [1.54, 1.807) is 0 Å². The molecule has 0 bridgehead atoms. The summed E-state index contributed by atoms with van der Waals surface area (Å²) in [5.74, 6) is 0. The third kappa shape index (κ3) is 2.20. The van der Waals surface area contributed by atoms with E-state index in [2.05, 4.69) is 69.2 Å². The third-order valence-electron chi connectivity index (χ3n) is 6.25. The maximum Gasteiger partial charge on any atom is -0.0114 e. The summed E-state index contributed by atoms with van der Waals surface area (Å²) in [4.78, 5) is 0. The standard InChI is InChI=1S/C22H30/c1-11-13(3)17(7)21(18(8)14(11)4)22-19(9)15(5)12(2)16(6)20(22)10/h1-10H3. The minimum atomic E-state index is 1.44. The van der Waals surface area contributed by atoms with Gasteiger partial charge in [0.1, 0.15) is 0 Å². The fourth-order valence-corrected chi connectivity index (χ4v) is 3.75. The first-order valence-electron chi connectivity index (χ1n) is 8.25. The molecule has 0 aromatic heterocycles. The molecule has 0 atom stereocenters.